The molecule has 0 saturated heterocycles. The van der Waals surface area contributed by atoms with Gasteiger partial charge in [0, 0.05) is 11.4 Å². The number of hydrogen-bond acceptors (Lipinski definition) is 1. The van der Waals surface area contributed by atoms with Gasteiger partial charge in [-0.15, -0.1) is 0 Å². The highest BCUT2D eigenvalue weighted by Gasteiger charge is 2.18. The van der Waals surface area contributed by atoms with Crippen molar-refractivity contribution in [2.24, 2.45) is 5.92 Å². The van der Waals surface area contributed by atoms with Crippen LogP contribution in [-0.2, 0) is 0 Å². The summed E-state index contributed by atoms with van der Waals surface area (Å²) in [7, 11) is 0. The Bertz CT molecular complexity index is 435. The fourth-order valence-electron chi connectivity index (χ4n) is 1.92. The van der Waals surface area contributed by atoms with E-state index in [1.165, 1.54) is 0 Å². The molecule has 1 rings (SSSR count). The Labute approximate surface area is 120 Å². The summed E-state index contributed by atoms with van der Waals surface area (Å²) in [6.45, 7) is 4.55. The molecule has 1 unspecified atom stereocenters. The van der Waals surface area contributed by atoms with E-state index in [0.29, 0.717) is 12.5 Å². The van der Waals surface area contributed by atoms with Crippen molar-refractivity contribution in [2.75, 3.05) is 6.54 Å². The zero-order chi connectivity index (χ0) is 14.4. The third-order valence-electron chi connectivity index (χ3n) is 3.19. The predicted molar refractivity (Wildman–Crippen MR) is 75.5 cm³/mol. The maximum absolute atomic E-state index is 13.4. The van der Waals surface area contributed by atoms with Crippen LogP contribution in [0.5, 0.6) is 0 Å². The second-order valence-electron chi connectivity index (χ2n) is 4.43. The van der Waals surface area contributed by atoms with Gasteiger partial charge in [-0.05, 0) is 24.1 Å². The summed E-state index contributed by atoms with van der Waals surface area (Å²) >= 11 is 3.52. The SMILES string of the molecule is CCC(CC)C(Br)CNC(=O)c1cc(F)ccc1F. The molecule has 0 aliphatic carbocycles. The van der Waals surface area contributed by atoms with E-state index in [0.717, 1.165) is 31.0 Å². The molecule has 1 N–H and O–H groups in total. The molecule has 0 aliphatic rings. The van der Waals surface area contributed by atoms with Gasteiger partial charge in [0.25, 0.3) is 5.91 Å². The quantitative estimate of drug-likeness (QED) is 0.786. The Kier molecular flexibility index (Phi) is 6.42. The van der Waals surface area contributed by atoms with Crippen molar-refractivity contribution in [3.05, 3.63) is 35.4 Å². The number of amides is 1. The molecule has 0 aromatic heterocycles. The fraction of sp³-hybridized carbons (Fsp3) is 0.500. The van der Waals surface area contributed by atoms with E-state index < -0.39 is 17.5 Å². The van der Waals surface area contributed by atoms with Gasteiger partial charge >= 0.3 is 0 Å². The summed E-state index contributed by atoms with van der Waals surface area (Å²) < 4.78 is 26.4. The van der Waals surface area contributed by atoms with Crippen LogP contribution in [0.4, 0.5) is 8.78 Å². The number of benzene rings is 1. The first kappa shape index (κ1) is 16.1. The Morgan fingerprint density at radius 1 is 1.32 bits per heavy atom. The Morgan fingerprint density at radius 3 is 2.53 bits per heavy atom. The summed E-state index contributed by atoms with van der Waals surface area (Å²) in [4.78, 5) is 11.9. The smallest absolute Gasteiger partial charge is 0.254 e. The molecule has 19 heavy (non-hydrogen) atoms. The van der Waals surface area contributed by atoms with Gasteiger partial charge in [0.2, 0.25) is 0 Å². The summed E-state index contributed by atoms with van der Waals surface area (Å²) in [5, 5.41) is 2.62. The van der Waals surface area contributed by atoms with Crippen molar-refractivity contribution in [1.82, 2.24) is 5.32 Å². The van der Waals surface area contributed by atoms with Crippen LogP contribution in [-0.4, -0.2) is 17.3 Å². The first-order chi connectivity index (χ1) is 8.99. The molecule has 0 bridgehead atoms. The molecule has 1 amide bonds. The normalized spacial score (nSPS) is 12.5. The highest BCUT2D eigenvalue weighted by atomic mass is 79.9. The molecule has 0 saturated carbocycles. The van der Waals surface area contributed by atoms with Crippen LogP contribution in [0, 0.1) is 17.6 Å². The molecule has 1 aromatic rings. The van der Waals surface area contributed by atoms with E-state index in [-0.39, 0.29) is 10.4 Å². The van der Waals surface area contributed by atoms with Gasteiger partial charge in [0.05, 0.1) is 5.56 Å². The maximum atomic E-state index is 13.4. The molecular weight excluding hydrogens is 316 g/mol. The largest absolute Gasteiger partial charge is 0.351 e. The van der Waals surface area contributed by atoms with Crippen molar-refractivity contribution in [1.29, 1.82) is 0 Å². The molecular formula is C14H18BrF2NO. The Morgan fingerprint density at radius 2 is 1.95 bits per heavy atom. The summed E-state index contributed by atoms with van der Waals surface area (Å²) in [6, 6.07) is 2.85. The molecule has 2 nitrogen and oxygen atoms in total. The Balaban J connectivity index is 2.63. The zero-order valence-corrected chi connectivity index (χ0v) is 12.6. The molecule has 0 spiro atoms. The van der Waals surface area contributed by atoms with Crippen LogP contribution in [0.2, 0.25) is 0 Å². The van der Waals surface area contributed by atoms with Crippen LogP contribution in [0.1, 0.15) is 37.0 Å². The molecule has 5 heteroatoms. The fourth-order valence-corrected chi connectivity index (χ4v) is 2.83. The van der Waals surface area contributed by atoms with Crippen LogP contribution in [0.15, 0.2) is 18.2 Å². The monoisotopic (exact) mass is 333 g/mol. The second kappa shape index (κ2) is 7.58. The van der Waals surface area contributed by atoms with Crippen molar-refractivity contribution < 1.29 is 13.6 Å². The molecule has 1 aromatic carbocycles. The van der Waals surface area contributed by atoms with Crippen molar-refractivity contribution in [3.63, 3.8) is 0 Å². The van der Waals surface area contributed by atoms with Crippen LogP contribution in [0.25, 0.3) is 0 Å². The van der Waals surface area contributed by atoms with E-state index >= 15 is 0 Å². The number of rotatable bonds is 6. The van der Waals surface area contributed by atoms with Gasteiger partial charge in [-0.3, -0.25) is 4.79 Å². The van der Waals surface area contributed by atoms with Crippen molar-refractivity contribution in [2.45, 2.75) is 31.5 Å². The number of carbonyl (C=O) groups is 1. The van der Waals surface area contributed by atoms with Gasteiger partial charge in [0.1, 0.15) is 11.6 Å². The average Bonchev–Trinajstić information content (AvgIpc) is 2.40. The third kappa shape index (κ3) is 4.56. The van der Waals surface area contributed by atoms with E-state index in [2.05, 4.69) is 35.1 Å². The number of alkyl halides is 1. The van der Waals surface area contributed by atoms with Gasteiger partial charge in [0.15, 0.2) is 0 Å². The first-order valence-electron chi connectivity index (χ1n) is 6.36. The molecule has 1 atom stereocenters. The predicted octanol–water partition coefficient (Wildman–Crippen LogP) is 3.89. The maximum Gasteiger partial charge on any atom is 0.254 e. The second-order valence-corrected chi connectivity index (χ2v) is 5.60. The lowest BCUT2D eigenvalue weighted by atomic mass is 9.99. The molecule has 0 fully saturated rings. The minimum Gasteiger partial charge on any atom is -0.351 e. The van der Waals surface area contributed by atoms with Crippen LogP contribution < -0.4 is 5.32 Å². The zero-order valence-electron chi connectivity index (χ0n) is 11.1. The van der Waals surface area contributed by atoms with Crippen molar-refractivity contribution >= 4 is 21.8 Å². The average molecular weight is 334 g/mol. The summed E-state index contributed by atoms with van der Waals surface area (Å²) in [5.74, 6) is -1.49. The number of halogens is 3. The van der Waals surface area contributed by atoms with E-state index in [1.807, 2.05) is 0 Å². The first-order valence-corrected chi connectivity index (χ1v) is 7.28. The van der Waals surface area contributed by atoms with Gasteiger partial charge in [-0.1, -0.05) is 42.6 Å². The highest BCUT2D eigenvalue weighted by molar-refractivity contribution is 9.09. The minimum absolute atomic E-state index is 0.128. The molecule has 106 valence electrons. The molecule has 0 aliphatic heterocycles. The lowest BCUT2D eigenvalue weighted by Gasteiger charge is -2.20. The molecule has 0 radical (unpaired) electrons. The van der Waals surface area contributed by atoms with E-state index in [4.69, 9.17) is 0 Å². The lowest BCUT2D eigenvalue weighted by molar-refractivity contribution is 0.0947. The summed E-state index contributed by atoms with van der Waals surface area (Å²) in [6.07, 6.45) is 1.99. The Hall–Kier alpha value is -0.970. The standard InChI is InChI=1S/C14H18BrF2NO/c1-3-9(4-2)12(15)8-18-14(19)11-7-10(16)5-6-13(11)17/h5-7,9,12H,3-4,8H2,1-2H3,(H,18,19). The van der Waals surface area contributed by atoms with Crippen LogP contribution in [0.3, 0.4) is 0 Å². The van der Waals surface area contributed by atoms with Crippen molar-refractivity contribution in [3.8, 4) is 0 Å². The van der Waals surface area contributed by atoms with Gasteiger partial charge in [-0.25, -0.2) is 8.78 Å². The number of hydrogen-bond donors (Lipinski definition) is 1. The number of carbonyl (C=O) groups excluding carboxylic acids is 1. The van der Waals surface area contributed by atoms with E-state index in [9.17, 15) is 13.6 Å². The van der Waals surface area contributed by atoms with Crippen LogP contribution >= 0.6 is 15.9 Å². The highest BCUT2D eigenvalue weighted by Crippen LogP contribution is 2.19. The summed E-state index contributed by atoms with van der Waals surface area (Å²) in [5.41, 5.74) is -0.260. The lowest BCUT2D eigenvalue weighted by Crippen LogP contribution is -2.33. The van der Waals surface area contributed by atoms with Gasteiger partial charge < -0.3 is 5.32 Å². The topological polar surface area (TPSA) is 29.1 Å². The minimum atomic E-state index is -0.715. The third-order valence-corrected chi connectivity index (χ3v) is 4.26. The van der Waals surface area contributed by atoms with E-state index in [1.54, 1.807) is 0 Å². The van der Waals surface area contributed by atoms with Gasteiger partial charge in [-0.2, -0.15) is 0 Å². The molecule has 0 heterocycles. The number of nitrogens with one attached hydrogen (secondary N) is 1.